The first-order valence-electron chi connectivity index (χ1n) is 4.17. The van der Waals surface area contributed by atoms with Gasteiger partial charge in [0.05, 0.1) is 10.5 Å². The average molecular weight is 206 g/mol. The molecule has 0 spiro atoms. The van der Waals surface area contributed by atoms with Gasteiger partial charge < -0.3 is 5.32 Å². The van der Waals surface area contributed by atoms with E-state index in [9.17, 15) is 10.1 Å². The zero-order chi connectivity index (χ0) is 11.5. The summed E-state index contributed by atoms with van der Waals surface area (Å²) in [6.07, 6.45) is 7.51. The molecule has 0 aliphatic rings. The fraction of sp³-hybridized carbons (Fsp3) is 0.333. The molecule has 6 heteroatoms. The lowest BCUT2D eigenvalue weighted by Crippen LogP contribution is -2.29. The van der Waals surface area contributed by atoms with Crippen molar-refractivity contribution in [1.29, 1.82) is 0 Å². The number of rotatable bonds is 3. The van der Waals surface area contributed by atoms with E-state index in [1.807, 2.05) is 0 Å². The van der Waals surface area contributed by atoms with Crippen molar-refractivity contribution < 1.29 is 4.92 Å². The first-order valence-corrected chi connectivity index (χ1v) is 4.17. The summed E-state index contributed by atoms with van der Waals surface area (Å²) in [5.41, 5.74) is -0.741. The maximum atomic E-state index is 10.3. The van der Waals surface area contributed by atoms with Crippen molar-refractivity contribution in [3.8, 4) is 12.3 Å². The number of terminal acetylenes is 1. The molecular weight excluding hydrogens is 196 g/mol. The number of nitrogens with zero attached hydrogens (tertiary/aromatic N) is 3. The maximum Gasteiger partial charge on any atom is 0.305 e. The van der Waals surface area contributed by atoms with Gasteiger partial charge in [0.25, 0.3) is 0 Å². The average Bonchev–Trinajstić information content (AvgIpc) is 2.18. The van der Waals surface area contributed by atoms with Crippen LogP contribution in [0.15, 0.2) is 12.4 Å². The zero-order valence-electron chi connectivity index (χ0n) is 8.39. The molecule has 0 amide bonds. The Bertz CT molecular complexity index is 405. The lowest BCUT2D eigenvalue weighted by molar-refractivity contribution is -0.385. The Labute approximate surface area is 86.9 Å². The Hall–Kier alpha value is -2.16. The van der Waals surface area contributed by atoms with Crippen LogP contribution in [-0.2, 0) is 0 Å². The van der Waals surface area contributed by atoms with E-state index < -0.39 is 10.5 Å². The second-order valence-electron chi connectivity index (χ2n) is 3.42. The minimum absolute atomic E-state index is 0.154. The molecule has 0 aliphatic carbocycles. The molecule has 1 heterocycles. The van der Waals surface area contributed by atoms with Crippen molar-refractivity contribution >= 4 is 11.6 Å². The summed E-state index contributed by atoms with van der Waals surface area (Å²) in [7, 11) is 0. The van der Waals surface area contributed by atoms with Gasteiger partial charge in [0.2, 0.25) is 5.95 Å². The summed E-state index contributed by atoms with van der Waals surface area (Å²) < 4.78 is 0. The highest BCUT2D eigenvalue weighted by molar-refractivity contribution is 5.36. The van der Waals surface area contributed by atoms with Gasteiger partial charge >= 0.3 is 5.69 Å². The van der Waals surface area contributed by atoms with Crippen LogP contribution in [0.2, 0.25) is 0 Å². The van der Waals surface area contributed by atoms with E-state index in [0.717, 1.165) is 12.4 Å². The smallest absolute Gasteiger partial charge is 0.305 e. The zero-order valence-corrected chi connectivity index (χ0v) is 8.39. The Morgan fingerprint density at radius 2 is 2.07 bits per heavy atom. The number of nitrogens with one attached hydrogen (secondary N) is 1. The molecule has 0 saturated carbocycles. The van der Waals surface area contributed by atoms with Crippen LogP contribution < -0.4 is 5.32 Å². The van der Waals surface area contributed by atoms with E-state index in [-0.39, 0.29) is 11.6 Å². The molecular formula is C9H10N4O2. The molecule has 15 heavy (non-hydrogen) atoms. The first kappa shape index (κ1) is 10.9. The third-order valence-electron chi connectivity index (χ3n) is 1.63. The Kier molecular flexibility index (Phi) is 2.85. The molecule has 0 aliphatic heterocycles. The standard InChI is InChI=1S/C9H10N4O2/c1-4-9(2,3)12-8-10-5-7(6-11-8)13(14)15/h1,5-6H,2-3H3,(H,10,11,12). The SMILES string of the molecule is C#CC(C)(C)Nc1ncc([N+](=O)[O-])cn1. The van der Waals surface area contributed by atoms with Crippen LogP contribution in [-0.4, -0.2) is 20.4 Å². The van der Waals surface area contributed by atoms with E-state index in [0.29, 0.717) is 0 Å². The predicted molar refractivity (Wildman–Crippen MR) is 55.2 cm³/mol. The second-order valence-corrected chi connectivity index (χ2v) is 3.42. The molecule has 1 aromatic rings. The van der Waals surface area contributed by atoms with E-state index >= 15 is 0 Å². The summed E-state index contributed by atoms with van der Waals surface area (Å²) in [5.74, 6) is 2.77. The normalized spacial score (nSPS) is 10.5. The molecule has 0 saturated heterocycles. The molecule has 1 aromatic heterocycles. The minimum Gasteiger partial charge on any atom is -0.338 e. The summed E-state index contributed by atoms with van der Waals surface area (Å²) in [6.45, 7) is 3.55. The van der Waals surface area contributed by atoms with Gasteiger partial charge in [-0.3, -0.25) is 10.1 Å². The minimum atomic E-state index is -0.587. The van der Waals surface area contributed by atoms with Gasteiger partial charge in [-0.25, -0.2) is 9.97 Å². The highest BCUT2D eigenvalue weighted by atomic mass is 16.6. The Balaban J connectivity index is 2.83. The third-order valence-corrected chi connectivity index (χ3v) is 1.63. The monoisotopic (exact) mass is 206 g/mol. The van der Waals surface area contributed by atoms with Crippen molar-refractivity contribution in [1.82, 2.24) is 9.97 Å². The fourth-order valence-electron chi connectivity index (χ4n) is 0.796. The van der Waals surface area contributed by atoms with Crippen LogP contribution >= 0.6 is 0 Å². The first-order chi connectivity index (χ1) is 6.94. The third kappa shape index (κ3) is 2.91. The molecule has 0 unspecified atom stereocenters. The number of hydrogen-bond donors (Lipinski definition) is 1. The number of nitro groups is 1. The molecule has 1 rings (SSSR count). The second kappa shape index (κ2) is 3.92. The van der Waals surface area contributed by atoms with Gasteiger partial charge in [-0.2, -0.15) is 0 Å². The predicted octanol–water partition coefficient (Wildman–Crippen LogP) is 1.21. The summed E-state index contributed by atoms with van der Waals surface area (Å²) in [5, 5.41) is 13.2. The summed E-state index contributed by atoms with van der Waals surface area (Å²) in [4.78, 5) is 17.3. The van der Waals surface area contributed by atoms with E-state index in [4.69, 9.17) is 6.42 Å². The maximum absolute atomic E-state index is 10.3. The quantitative estimate of drug-likeness (QED) is 0.456. The molecule has 0 bridgehead atoms. The number of hydrogen-bond acceptors (Lipinski definition) is 5. The van der Waals surface area contributed by atoms with E-state index in [1.54, 1.807) is 13.8 Å². The Morgan fingerprint density at radius 3 is 2.47 bits per heavy atom. The van der Waals surface area contributed by atoms with Crippen LogP contribution in [0, 0.1) is 22.5 Å². The highest BCUT2D eigenvalue weighted by Gasteiger charge is 2.15. The topological polar surface area (TPSA) is 81.0 Å². The van der Waals surface area contributed by atoms with Gasteiger partial charge in [-0.15, -0.1) is 6.42 Å². The molecule has 6 nitrogen and oxygen atoms in total. The van der Waals surface area contributed by atoms with E-state index in [2.05, 4.69) is 21.2 Å². The van der Waals surface area contributed by atoms with Crippen molar-refractivity contribution in [2.45, 2.75) is 19.4 Å². The molecule has 0 atom stereocenters. The van der Waals surface area contributed by atoms with Gasteiger partial charge in [-0.05, 0) is 13.8 Å². The highest BCUT2D eigenvalue weighted by Crippen LogP contribution is 2.12. The molecule has 78 valence electrons. The summed E-state index contributed by atoms with van der Waals surface area (Å²) in [6, 6.07) is 0. The Morgan fingerprint density at radius 1 is 1.53 bits per heavy atom. The lowest BCUT2D eigenvalue weighted by Gasteiger charge is -2.18. The fourth-order valence-corrected chi connectivity index (χ4v) is 0.796. The number of anilines is 1. The van der Waals surface area contributed by atoms with Gasteiger partial charge in [-0.1, -0.05) is 5.92 Å². The number of aromatic nitrogens is 2. The molecule has 1 N–H and O–H groups in total. The van der Waals surface area contributed by atoms with Gasteiger partial charge in [0.15, 0.2) is 0 Å². The van der Waals surface area contributed by atoms with Crippen molar-refractivity contribution in [2.24, 2.45) is 0 Å². The van der Waals surface area contributed by atoms with Crippen LogP contribution in [0.4, 0.5) is 11.6 Å². The van der Waals surface area contributed by atoms with Crippen LogP contribution in [0.3, 0.4) is 0 Å². The lowest BCUT2D eigenvalue weighted by atomic mass is 10.1. The van der Waals surface area contributed by atoms with E-state index in [1.165, 1.54) is 0 Å². The van der Waals surface area contributed by atoms with Gasteiger partial charge in [0.1, 0.15) is 12.4 Å². The molecule has 0 fully saturated rings. The van der Waals surface area contributed by atoms with Gasteiger partial charge in [0, 0.05) is 0 Å². The van der Waals surface area contributed by atoms with Crippen LogP contribution in [0.5, 0.6) is 0 Å². The van der Waals surface area contributed by atoms with Crippen molar-refractivity contribution in [2.75, 3.05) is 5.32 Å². The largest absolute Gasteiger partial charge is 0.338 e. The molecule has 0 radical (unpaired) electrons. The molecule has 0 aromatic carbocycles. The summed E-state index contributed by atoms with van der Waals surface area (Å²) >= 11 is 0. The van der Waals surface area contributed by atoms with Crippen LogP contribution in [0.1, 0.15) is 13.8 Å². The van der Waals surface area contributed by atoms with Crippen molar-refractivity contribution in [3.63, 3.8) is 0 Å². The van der Waals surface area contributed by atoms with Crippen molar-refractivity contribution in [3.05, 3.63) is 22.5 Å². The van der Waals surface area contributed by atoms with Crippen LogP contribution in [0.25, 0.3) is 0 Å².